The van der Waals surface area contributed by atoms with Crippen LogP contribution in [0.4, 0.5) is 5.69 Å². The lowest BCUT2D eigenvalue weighted by molar-refractivity contribution is -0.384. The van der Waals surface area contributed by atoms with Crippen molar-refractivity contribution in [3.8, 4) is 5.75 Å². The fourth-order valence-electron chi connectivity index (χ4n) is 1.10. The minimum Gasteiger partial charge on any atom is -0.456 e. The number of carbonyl (C=O) groups excluding carboxylic acids is 1. The van der Waals surface area contributed by atoms with E-state index < -0.39 is 14.8 Å². The number of ether oxygens (including phenoxy) is 1. The molecule has 0 heterocycles. The van der Waals surface area contributed by atoms with Crippen molar-refractivity contribution < 1.29 is 14.5 Å². The maximum Gasteiger partial charge on any atom is 0.275 e. The molecule has 0 N–H and O–H groups in total. The first-order chi connectivity index (χ1) is 8.36. The van der Waals surface area contributed by atoms with E-state index in [1.807, 2.05) is 0 Å². The molecule has 0 aliphatic carbocycles. The van der Waals surface area contributed by atoms with Crippen LogP contribution in [0, 0.1) is 10.1 Å². The minimum absolute atomic E-state index is 0.0887. The molecule has 0 fully saturated rings. The SMILES string of the molecule is O=CCC(Cl)C(Cl)(Cl)Oc1cccc([N+](=O)[O-])c1. The van der Waals surface area contributed by atoms with Crippen LogP contribution in [0.1, 0.15) is 6.42 Å². The van der Waals surface area contributed by atoms with Crippen molar-refractivity contribution in [1.82, 2.24) is 0 Å². The predicted octanol–water partition coefficient (Wildman–Crippen LogP) is 3.30. The zero-order valence-corrected chi connectivity index (χ0v) is 11.2. The molecule has 1 aromatic carbocycles. The summed E-state index contributed by atoms with van der Waals surface area (Å²) in [5.74, 6) is 0.0887. The van der Waals surface area contributed by atoms with Crippen LogP contribution in [0.3, 0.4) is 0 Å². The van der Waals surface area contributed by atoms with Gasteiger partial charge in [-0.2, -0.15) is 0 Å². The number of rotatable bonds is 6. The van der Waals surface area contributed by atoms with E-state index in [1.165, 1.54) is 18.2 Å². The standard InChI is InChI=1S/C10H8Cl3NO4/c11-9(4-5-15)10(12,13)18-8-3-1-2-7(6-8)14(16)17/h1-3,5-6,9H,4H2. The topological polar surface area (TPSA) is 69.4 Å². The monoisotopic (exact) mass is 311 g/mol. The maximum atomic E-state index is 10.6. The molecule has 0 aliphatic heterocycles. The lowest BCUT2D eigenvalue weighted by Crippen LogP contribution is -2.33. The van der Waals surface area contributed by atoms with Gasteiger partial charge in [0.2, 0.25) is 0 Å². The smallest absolute Gasteiger partial charge is 0.275 e. The number of alkyl halides is 3. The molecule has 1 atom stereocenters. The van der Waals surface area contributed by atoms with Crippen molar-refractivity contribution in [2.45, 2.75) is 16.3 Å². The molecule has 1 rings (SSSR count). The quantitative estimate of drug-likeness (QED) is 0.350. The lowest BCUT2D eigenvalue weighted by atomic mass is 10.3. The second kappa shape index (κ2) is 6.22. The highest BCUT2D eigenvalue weighted by Crippen LogP contribution is 2.34. The van der Waals surface area contributed by atoms with Gasteiger partial charge in [-0.3, -0.25) is 10.1 Å². The summed E-state index contributed by atoms with van der Waals surface area (Å²) in [5, 5.41) is 9.59. The maximum absolute atomic E-state index is 10.6. The van der Waals surface area contributed by atoms with Crippen LogP contribution in [-0.4, -0.2) is 21.1 Å². The summed E-state index contributed by atoms with van der Waals surface area (Å²) in [7, 11) is 0. The van der Waals surface area contributed by atoms with E-state index in [9.17, 15) is 14.9 Å². The number of nitro groups is 1. The summed E-state index contributed by atoms with van der Waals surface area (Å²) < 4.78 is 3.29. The molecule has 0 spiro atoms. The first-order valence-corrected chi connectivity index (χ1v) is 5.95. The van der Waals surface area contributed by atoms with Crippen molar-refractivity contribution in [3.63, 3.8) is 0 Å². The van der Waals surface area contributed by atoms with E-state index in [-0.39, 0.29) is 17.9 Å². The zero-order valence-electron chi connectivity index (χ0n) is 8.89. The molecule has 98 valence electrons. The van der Waals surface area contributed by atoms with Crippen molar-refractivity contribution in [1.29, 1.82) is 0 Å². The Morgan fingerprint density at radius 2 is 2.17 bits per heavy atom. The van der Waals surface area contributed by atoms with E-state index in [0.29, 0.717) is 6.29 Å². The fourth-order valence-corrected chi connectivity index (χ4v) is 1.58. The number of nitro benzene ring substituents is 1. The zero-order chi connectivity index (χ0) is 13.8. The third kappa shape index (κ3) is 4.01. The summed E-state index contributed by atoms with van der Waals surface area (Å²) in [6, 6.07) is 5.31. The van der Waals surface area contributed by atoms with E-state index >= 15 is 0 Å². The van der Waals surface area contributed by atoms with Crippen LogP contribution in [0.15, 0.2) is 24.3 Å². The van der Waals surface area contributed by atoms with Crippen molar-refractivity contribution >= 4 is 46.8 Å². The van der Waals surface area contributed by atoms with Crippen molar-refractivity contribution in [2.75, 3.05) is 0 Å². The van der Waals surface area contributed by atoms with E-state index in [1.54, 1.807) is 0 Å². The second-order valence-corrected chi connectivity index (χ2v) is 5.13. The van der Waals surface area contributed by atoms with E-state index in [0.717, 1.165) is 6.07 Å². The Morgan fingerprint density at radius 3 is 2.72 bits per heavy atom. The number of hydrogen-bond donors (Lipinski definition) is 0. The Labute approximate surface area is 118 Å². The Morgan fingerprint density at radius 1 is 1.50 bits per heavy atom. The molecule has 18 heavy (non-hydrogen) atoms. The molecule has 1 unspecified atom stereocenters. The highest BCUT2D eigenvalue weighted by Gasteiger charge is 2.36. The Hall–Kier alpha value is -1.04. The van der Waals surface area contributed by atoms with Crippen LogP contribution in [0.25, 0.3) is 0 Å². The molecule has 0 aliphatic rings. The van der Waals surface area contributed by atoms with Crippen molar-refractivity contribution in [2.24, 2.45) is 0 Å². The second-order valence-electron chi connectivity index (χ2n) is 3.29. The number of nitrogens with zero attached hydrogens (tertiary/aromatic N) is 1. The summed E-state index contributed by atoms with van der Waals surface area (Å²) in [5.41, 5.74) is -0.168. The van der Waals surface area contributed by atoms with E-state index in [2.05, 4.69) is 0 Å². The summed E-state index contributed by atoms with van der Waals surface area (Å²) in [6.07, 6.45) is 0.442. The minimum atomic E-state index is -1.85. The predicted molar refractivity (Wildman–Crippen MR) is 68.5 cm³/mol. The Kier molecular flexibility index (Phi) is 5.19. The average molecular weight is 313 g/mol. The van der Waals surface area contributed by atoms with Gasteiger partial charge in [-0.1, -0.05) is 29.3 Å². The van der Waals surface area contributed by atoms with Gasteiger partial charge in [0.1, 0.15) is 17.4 Å². The van der Waals surface area contributed by atoms with Crippen molar-refractivity contribution in [3.05, 3.63) is 34.4 Å². The van der Waals surface area contributed by atoms with Gasteiger partial charge in [0, 0.05) is 12.5 Å². The van der Waals surface area contributed by atoms with Crippen LogP contribution < -0.4 is 4.74 Å². The normalized spacial score (nSPS) is 12.8. The Balaban J connectivity index is 2.86. The third-order valence-corrected chi connectivity index (χ3v) is 3.34. The lowest BCUT2D eigenvalue weighted by Gasteiger charge is -2.24. The molecule has 0 saturated carbocycles. The van der Waals surface area contributed by atoms with Gasteiger partial charge < -0.3 is 9.53 Å². The third-order valence-electron chi connectivity index (χ3n) is 1.95. The van der Waals surface area contributed by atoms with Gasteiger partial charge in [-0.05, 0) is 6.07 Å². The molecule has 0 aromatic heterocycles. The number of aldehydes is 1. The van der Waals surface area contributed by atoms with Gasteiger partial charge in [-0.15, -0.1) is 11.6 Å². The molecular formula is C10H8Cl3NO4. The van der Waals surface area contributed by atoms with Gasteiger partial charge in [0.15, 0.2) is 0 Å². The number of benzene rings is 1. The molecule has 0 bridgehead atoms. The summed E-state index contributed by atoms with van der Waals surface area (Å²) in [4.78, 5) is 20.3. The van der Waals surface area contributed by atoms with Gasteiger partial charge in [-0.25, -0.2) is 0 Å². The first kappa shape index (κ1) is 15.0. The first-order valence-electron chi connectivity index (χ1n) is 4.76. The summed E-state index contributed by atoms with van der Waals surface area (Å²) >= 11 is 17.4. The van der Waals surface area contributed by atoms with Gasteiger partial charge >= 0.3 is 0 Å². The molecule has 0 amide bonds. The van der Waals surface area contributed by atoms with Crippen LogP contribution in [-0.2, 0) is 4.79 Å². The van der Waals surface area contributed by atoms with E-state index in [4.69, 9.17) is 39.5 Å². The van der Waals surface area contributed by atoms with Crippen LogP contribution in [0.5, 0.6) is 5.75 Å². The van der Waals surface area contributed by atoms with Gasteiger partial charge in [0.25, 0.3) is 10.2 Å². The highest BCUT2D eigenvalue weighted by atomic mass is 35.5. The number of halogens is 3. The Bertz CT molecular complexity index is 453. The molecule has 0 saturated heterocycles. The number of carbonyl (C=O) groups is 1. The largest absolute Gasteiger partial charge is 0.456 e. The molecule has 8 heteroatoms. The molecule has 0 radical (unpaired) electrons. The number of non-ortho nitro benzene ring substituents is 1. The molecule has 5 nitrogen and oxygen atoms in total. The summed E-state index contributed by atoms with van der Waals surface area (Å²) in [6.45, 7) is 0. The fraction of sp³-hybridized carbons (Fsp3) is 0.300. The molecule has 1 aromatic rings. The number of hydrogen-bond acceptors (Lipinski definition) is 4. The van der Waals surface area contributed by atoms with Gasteiger partial charge in [0.05, 0.1) is 11.0 Å². The average Bonchev–Trinajstić information content (AvgIpc) is 2.29. The molecular weight excluding hydrogens is 304 g/mol. The highest BCUT2D eigenvalue weighted by molar-refractivity contribution is 6.51. The van der Waals surface area contributed by atoms with Crippen LogP contribution in [0.2, 0.25) is 0 Å². The van der Waals surface area contributed by atoms with Crippen LogP contribution >= 0.6 is 34.8 Å².